The molecule has 0 bridgehead atoms. The molecule has 0 amide bonds. The average Bonchev–Trinajstić information content (AvgIpc) is 3.12. The van der Waals surface area contributed by atoms with E-state index in [1.54, 1.807) is 0 Å². The van der Waals surface area contributed by atoms with Crippen LogP contribution in [0.3, 0.4) is 0 Å². The lowest BCUT2D eigenvalue weighted by Gasteiger charge is -2.40. The fourth-order valence-electron chi connectivity index (χ4n) is 4.16. The van der Waals surface area contributed by atoms with Gasteiger partial charge in [-0.15, -0.1) is 0 Å². The van der Waals surface area contributed by atoms with Crippen molar-refractivity contribution in [3.63, 3.8) is 0 Å². The van der Waals surface area contributed by atoms with E-state index >= 15 is 0 Å². The minimum absolute atomic E-state index is 0.859. The predicted molar refractivity (Wildman–Crippen MR) is 97.7 cm³/mol. The fourth-order valence-corrected chi connectivity index (χ4v) is 4.16. The predicted octanol–water partition coefficient (Wildman–Crippen LogP) is 3.53. The maximum atomic E-state index is 4.55. The van der Waals surface area contributed by atoms with Crippen molar-refractivity contribution in [2.24, 2.45) is 0 Å². The quantitative estimate of drug-likeness (QED) is 0.934. The van der Waals surface area contributed by atoms with Crippen molar-refractivity contribution < 1.29 is 0 Å². The first-order valence-corrected chi connectivity index (χ1v) is 9.44. The molecule has 4 heteroatoms. The van der Waals surface area contributed by atoms with E-state index in [-0.39, 0.29) is 0 Å². The molecule has 1 aliphatic carbocycles. The van der Waals surface area contributed by atoms with Gasteiger partial charge in [0.15, 0.2) is 0 Å². The van der Waals surface area contributed by atoms with E-state index in [2.05, 4.69) is 44.0 Å². The maximum Gasteiger partial charge on any atom is 0.137 e. The van der Waals surface area contributed by atoms with Crippen LogP contribution in [0.1, 0.15) is 37.8 Å². The van der Waals surface area contributed by atoms with Gasteiger partial charge in [-0.05, 0) is 12.8 Å². The molecule has 0 radical (unpaired) electrons. The first-order chi connectivity index (χ1) is 11.9. The van der Waals surface area contributed by atoms with Gasteiger partial charge in [-0.25, -0.2) is 4.98 Å². The first kappa shape index (κ1) is 15.9. The average molecular weight is 324 g/mol. The van der Waals surface area contributed by atoms with Crippen LogP contribution in [-0.4, -0.2) is 52.0 Å². The molecule has 1 aromatic carbocycles. The molecule has 1 saturated heterocycles. The van der Waals surface area contributed by atoms with E-state index < -0.39 is 0 Å². The lowest BCUT2D eigenvalue weighted by Crippen LogP contribution is -2.50. The lowest BCUT2D eigenvalue weighted by atomic mass is 9.94. The van der Waals surface area contributed by atoms with Crippen LogP contribution in [0.25, 0.3) is 11.4 Å². The summed E-state index contributed by atoms with van der Waals surface area (Å²) in [5.74, 6) is 0.978. The zero-order valence-corrected chi connectivity index (χ0v) is 14.5. The number of H-pyrrole nitrogens is 1. The summed E-state index contributed by atoms with van der Waals surface area (Å²) in [7, 11) is 0. The van der Waals surface area contributed by atoms with Crippen LogP contribution in [0.5, 0.6) is 0 Å². The zero-order valence-electron chi connectivity index (χ0n) is 14.5. The third-order valence-electron chi connectivity index (χ3n) is 5.57. The molecule has 4 rings (SSSR count). The summed E-state index contributed by atoms with van der Waals surface area (Å²) >= 11 is 0. The van der Waals surface area contributed by atoms with Crippen LogP contribution in [-0.2, 0) is 6.54 Å². The van der Waals surface area contributed by atoms with Crippen molar-refractivity contribution in [3.05, 3.63) is 42.2 Å². The Labute approximate surface area is 144 Å². The molecular weight excluding hydrogens is 296 g/mol. The van der Waals surface area contributed by atoms with E-state index in [0.717, 1.165) is 24.0 Å². The van der Waals surface area contributed by atoms with Crippen LogP contribution in [0.4, 0.5) is 0 Å². The molecule has 2 aliphatic rings. The van der Waals surface area contributed by atoms with Crippen LogP contribution in [0.15, 0.2) is 36.5 Å². The molecule has 0 spiro atoms. The lowest BCUT2D eigenvalue weighted by molar-refractivity contribution is 0.0750. The summed E-state index contributed by atoms with van der Waals surface area (Å²) in [5, 5.41) is 0. The number of nitrogens with zero attached hydrogens (tertiary/aromatic N) is 3. The summed E-state index contributed by atoms with van der Waals surface area (Å²) in [6.07, 6.45) is 9.14. The van der Waals surface area contributed by atoms with Crippen molar-refractivity contribution in [2.45, 2.75) is 44.7 Å². The summed E-state index contributed by atoms with van der Waals surface area (Å²) in [6, 6.07) is 11.2. The van der Waals surface area contributed by atoms with Gasteiger partial charge in [0.25, 0.3) is 0 Å². The highest BCUT2D eigenvalue weighted by molar-refractivity contribution is 5.54. The topological polar surface area (TPSA) is 35.2 Å². The van der Waals surface area contributed by atoms with Gasteiger partial charge in [0.05, 0.1) is 0 Å². The number of hydrogen-bond acceptors (Lipinski definition) is 3. The molecule has 4 nitrogen and oxygen atoms in total. The minimum Gasteiger partial charge on any atom is -0.341 e. The molecule has 1 saturated carbocycles. The van der Waals surface area contributed by atoms with Crippen molar-refractivity contribution in [2.75, 3.05) is 26.2 Å². The number of benzene rings is 1. The normalized spacial score (nSPS) is 21.2. The number of piperazine rings is 1. The molecule has 128 valence electrons. The minimum atomic E-state index is 0.859. The van der Waals surface area contributed by atoms with Crippen molar-refractivity contribution in [1.29, 1.82) is 0 Å². The Bertz CT molecular complexity index is 622. The molecule has 1 aliphatic heterocycles. The number of hydrogen-bond donors (Lipinski definition) is 1. The molecule has 24 heavy (non-hydrogen) atoms. The first-order valence-electron chi connectivity index (χ1n) is 9.44. The third kappa shape index (κ3) is 3.70. The van der Waals surface area contributed by atoms with Gasteiger partial charge in [0, 0.05) is 56.2 Å². The number of aromatic amines is 1. The Kier molecular flexibility index (Phi) is 4.95. The molecule has 2 aromatic rings. The number of aromatic nitrogens is 2. The number of imidazole rings is 1. The highest BCUT2D eigenvalue weighted by Gasteiger charge is 2.25. The van der Waals surface area contributed by atoms with Crippen LogP contribution in [0, 0.1) is 0 Å². The van der Waals surface area contributed by atoms with E-state index in [9.17, 15) is 0 Å². The van der Waals surface area contributed by atoms with Crippen molar-refractivity contribution in [3.8, 4) is 11.4 Å². The van der Waals surface area contributed by atoms with Gasteiger partial charge in [-0.2, -0.15) is 0 Å². The van der Waals surface area contributed by atoms with Gasteiger partial charge in [0.2, 0.25) is 0 Å². The molecular formula is C20H28N4. The molecule has 2 heterocycles. The molecule has 0 unspecified atom stereocenters. The number of rotatable bonds is 4. The summed E-state index contributed by atoms with van der Waals surface area (Å²) in [4.78, 5) is 13.3. The van der Waals surface area contributed by atoms with Gasteiger partial charge in [0.1, 0.15) is 5.82 Å². The third-order valence-corrected chi connectivity index (χ3v) is 5.57. The van der Waals surface area contributed by atoms with Crippen LogP contribution >= 0.6 is 0 Å². The highest BCUT2D eigenvalue weighted by atomic mass is 15.3. The maximum absolute atomic E-state index is 4.55. The molecule has 2 fully saturated rings. The van der Waals surface area contributed by atoms with Gasteiger partial charge < -0.3 is 4.98 Å². The second-order valence-corrected chi connectivity index (χ2v) is 7.23. The SMILES string of the molecule is c1ccc(-c2ncc(CN3CCN(C4CCCCC4)CC3)[nH]2)cc1. The smallest absolute Gasteiger partial charge is 0.137 e. The van der Waals surface area contributed by atoms with Crippen LogP contribution in [0.2, 0.25) is 0 Å². The Morgan fingerprint density at radius 1 is 0.958 bits per heavy atom. The summed E-state index contributed by atoms with van der Waals surface area (Å²) in [6.45, 7) is 5.79. The second-order valence-electron chi connectivity index (χ2n) is 7.23. The van der Waals surface area contributed by atoms with E-state index in [0.29, 0.717) is 0 Å². The largest absolute Gasteiger partial charge is 0.341 e. The molecule has 0 atom stereocenters. The Hall–Kier alpha value is -1.65. The van der Waals surface area contributed by atoms with Gasteiger partial charge in [-0.3, -0.25) is 9.80 Å². The Morgan fingerprint density at radius 3 is 2.46 bits per heavy atom. The standard InChI is InChI=1S/C20H28N4/c1-3-7-17(8-4-1)20-21-15-18(22-20)16-23-11-13-24(14-12-23)19-9-5-2-6-10-19/h1,3-4,7-8,15,19H,2,5-6,9-14,16H2,(H,21,22). The summed E-state index contributed by atoms with van der Waals surface area (Å²) in [5.41, 5.74) is 2.38. The van der Waals surface area contributed by atoms with Crippen molar-refractivity contribution >= 4 is 0 Å². The summed E-state index contributed by atoms with van der Waals surface area (Å²) < 4.78 is 0. The Balaban J connectivity index is 1.30. The zero-order chi connectivity index (χ0) is 16.2. The van der Waals surface area contributed by atoms with E-state index in [4.69, 9.17) is 0 Å². The monoisotopic (exact) mass is 324 g/mol. The van der Waals surface area contributed by atoms with Gasteiger partial charge in [-0.1, -0.05) is 49.6 Å². The van der Waals surface area contributed by atoms with E-state index in [1.807, 2.05) is 12.3 Å². The molecule has 1 N–H and O–H groups in total. The van der Waals surface area contributed by atoms with Crippen LogP contribution < -0.4 is 0 Å². The highest BCUT2D eigenvalue weighted by Crippen LogP contribution is 2.24. The second kappa shape index (κ2) is 7.49. The Morgan fingerprint density at radius 2 is 1.71 bits per heavy atom. The molecule has 1 aromatic heterocycles. The van der Waals surface area contributed by atoms with Gasteiger partial charge >= 0.3 is 0 Å². The fraction of sp³-hybridized carbons (Fsp3) is 0.550. The number of nitrogens with one attached hydrogen (secondary N) is 1. The van der Waals surface area contributed by atoms with E-state index in [1.165, 1.54) is 64.0 Å². The van der Waals surface area contributed by atoms with Crippen molar-refractivity contribution in [1.82, 2.24) is 19.8 Å².